The Labute approximate surface area is 95.0 Å². The number of rotatable bonds is 10. The minimum Gasteiger partial charge on any atom is -0.381 e. The zero-order valence-electron chi connectivity index (χ0n) is 10.8. The van der Waals surface area contributed by atoms with Crippen molar-refractivity contribution in [3.05, 3.63) is 0 Å². The lowest BCUT2D eigenvalue weighted by atomic mass is 10.1. The Kier molecular flexibility index (Phi) is 10.3. The molecule has 0 aromatic rings. The van der Waals surface area contributed by atoms with E-state index in [4.69, 9.17) is 4.74 Å². The maximum atomic E-state index is 5.61. The van der Waals surface area contributed by atoms with Crippen molar-refractivity contribution in [1.82, 2.24) is 10.6 Å². The van der Waals surface area contributed by atoms with Crippen molar-refractivity contribution in [3.8, 4) is 0 Å². The van der Waals surface area contributed by atoms with Crippen molar-refractivity contribution in [2.75, 3.05) is 40.4 Å². The summed E-state index contributed by atoms with van der Waals surface area (Å²) in [5.74, 6) is 1.43. The van der Waals surface area contributed by atoms with Gasteiger partial charge in [-0.25, -0.2) is 0 Å². The molecule has 2 unspecified atom stereocenters. The summed E-state index contributed by atoms with van der Waals surface area (Å²) in [4.78, 5) is 0. The van der Waals surface area contributed by atoms with Gasteiger partial charge in [-0.1, -0.05) is 13.8 Å². The quantitative estimate of drug-likeness (QED) is 0.543. The molecule has 0 heterocycles. The van der Waals surface area contributed by atoms with Gasteiger partial charge in [0.2, 0.25) is 0 Å². The first-order valence-electron chi connectivity index (χ1n) is 6.07. The van der Waals surface area contributed by atoms with E-state index in [0.717, 1.165) is 39.1 Å². The van der Waals surface area contributed by atoms with Gasteiger partial charge in [0.25, 0.3) is 0 Å². The summed E-state index contributed by atoms with van der Waals surface area (Å²) < 4.78 is 5.61. The smallest absolute Gasteiger partial charge is 0.0469 e. The van der Waals surface area contributed by atoms with Crippen LogP contribution in [0, 0.1) is 11.8 Å². The van der Waals surface area contributed by atoms with Crippen LogP contribution in [0.5, 0.6) is 0 Å². The molecule has 0 aliphatic carbocycles. The Bertz CT molecular complexity index is 117. The van der Waals surface area contributed by atoms with Crippen LogP contribution >= 0.6 is 0 Å². The first-order chi connectivity index (χ1) is 7.20. The van der Waals surface area contributed by atoms with E-state index in [1.165, 1.54) is 0 Å². The van der Waals surface area contributed by atoms with Crippen LogP contribution in [0.3, 0.4) is 0 Å². The number of ether oxygens (including phenoxy) is 1. The van der Waals surface area contributed by atoms with Gasteiger partial charge in [0.1, 0.15) is 0 Å². The van der Waals surface area contributed by atoms with Gasteiger partial charge < -0.3 is 15.4 Å². The zero-order valence-corrected chi connectivity index (χ0v) is 10.8. The van der Waals surface area contributed by atoms with E-state index in [9.17, 15) is 0 Å². The molecule has 0 aromatic carbocycles. The SMILES string of the molecule is CNCC(C)CCOCCC(C)CNC. The first kappa shape index (κ1) is 14.9. The summed E-state index contributed by atoms with van der Waals surface area (Å²) in [7, 11) is 3.99. The average molecular weight is 216 g/mol. The van der Waals surface area contributed by atoms with Gasteiger partial charge in [-0.05, 0) is 51.9 Å². The number of hydrogen-bond acceptors (Lipinski definition) is 3. The van der Waals surface area contributed by atoms with Gasteiger partial charge in [-0.3, -0.25) is 0 Å². The van der Waals surface area contributed by atoms with Gasteiger partial charge in [-0.2, -0.15) is 0 Å². The lowest BCUT2D eigenvalue weighted by Gasteiger charge is -2.13. The third kappa shape index (κ3) is 10.2. The highest BCUT2D eigenvalue weighted by Crippen LogP contribution is 2.03. The Morgan fingerprint density at radius 1 is 0.867 bits per heavy atom. The molecule has 2 atom stereocenters. The highest BCUT2D eigenvalue weighted by molar-refractivity contribution is 4.56. The van der Waals surface area contributed by atoms with Crippen molar-refractivity contribution in [2.24, 2.45) is 11.8 Å². The number of nitrogens with one attached hydrogen (secondary N) is 2. The molecule has 0 saturated heterocycles. The fourth-order valence-electron chi connectivity index (χ4n) is 1.57. The van der Waals surface area contributed by atoms with Crippen molar-refractivity contribution in [3.63, 3.8) is 0 Å². The van der Waals surface area contributed by atoms with Gasteiger partial charge in [-0.15, -0.1) is 0 Å². The molecule has 92 valence electrons. The molecule has 0 spiro atoms. The summed E-state index contributed by atoms with van der Waals surface area (Å²) in [5.41, 5.74) is 0. The molecule has 0 rings (SSSR count). The van der Waals surface area contributed by atoms with Crippen molar-refractivity contribution in [1.29, 1.82) is 0 Å². The Morgan fingerprint density at radius 2 is 1.27 bits per heavy atom. The third-order valence-electron chi connectivity index (χ3n) is 2.62. The molecular formula is C12H28N2O. The third-order valence-corrected chi connectivity index (χ3v) is 2.62. The van der Waals surface area contributed by atoms with E-state index in [-0.39, 0.29) is 0 Å². The van der Waals surface area contributed by atoms with E-state index in [1.807, 2.05) is 14.1 Å². The van der Waals surface area contributed by atoms with E-state index in [0.29, 0.717) is 11.8 Å². The largest absolute Gasteiger partial charge is 0.381 e. The first-order valence-corrected chi connectivity index (χ1v) is 6.07. The Hall–Kier alpha value is -0.120. The second-order valence-corrected chi connectivity index (χ2v) is 4.52. The van der Waals surface area contributed by atoms with Gasteiger partial charge in [0, 0.05) is 13.2 Å². The van der Waals surface area contributed by atoms with Crippen molar-refractivity contribution in [2.45, 2.75) is 26.7 Å². The zero-order chi connectivity index (χ0) is 11.5. The van der Waals surface area contributed by atoms with E-state index < -0.39 is 0 Å². The maximum absolute atomic E-state index is 5.61. The molecular weight excluding hydrogens is 188 g/mol. The van der Waals surface area contributed by atoms with E-state index in [1.54, 1.807) is 0 Å². The summed E-state index contributed by atoms with van der Waals surface area (Å²) in [5, 5.41) is 6.36. The summed E-state index contributed by atoms with van der Waals surface area (Å²) >= 11 is 0. The summed E-state index contributed by atoms with van der Waals surface area (Å²) in [6.45, 7) is 8.47. The standard InChI is InChI=1S/C12H28N2O/c1-11(9-13-3)5-7-15-8-6-12(2)10-14-4/h11-14H,5-10H2,1-4H3. The minimum atomic E-state index is 0.713. The van der Waals surface area contributed by atoms with E-state index in [2.05, 4.69) is 24.5 Å². The van der Waals surface area contributed by atoms with Crippen LogP contribution in [-0.4, -0.2) is 40.4 Å². The molecule has 15 heavy (non-hydrogen) atoms. The second-order valence-electron chi connectivity index (χ2n) is 4.52. The molecule has 0 radical (unpaired) electrons. The second kappa shape index (κ2) is 10.4. The highest BCUT2D eigenvalue weighted by Gasteiger charge is 2.02. The summed E-state index contributed by atoms with van der Waals surface area (Å²) in [6.07, 6.45) is 2.31. The van der Waals surface area contributed by atoms with Crippen LogP contribution in [0.25, 0.3) is 0 Å². The topological polar surface area (TPSA) is 33.3 Å². The average Bonchev–Trinajstić information content (AvgIpc) is 2.18. The van der Waals surface area contributed by atoms with Crippen LogP contribution in [0.15, 0.2) is 0 Å². The highest BCUT2D eigenvalue weighted by atomic mass is 16.5. The van der Waals surface area contributed by atoms with Crippen LogP contribution in [0.4, 0.5) is 0 Å². The Balaban J connectivity index is 3.17. The van der Waals surface area contributed by atoms with Gasteiger partial charge in [0.15, 0.2) is 0 Å². The molecule has 2 N–H and O–H groups in total. The molecule has 0 saturated carbocycles. The predicted molar refractivity (Wildman–Crippen MR) is 66.2 cm³/mol. The van der Waals surface area contributed by atoms with Crippen molar-refractivity contribution >= 4 is 0 Å². The molecule has 0 amide bonds. The van der Waals surface area contributed by atoms with Crippen molar-refractivity contribution < 1.29 is 4.74 Å². The lowest BCUT2D eigenvalue weighted by Crippen LogP contribution is -2.19. The van der Waals surface area contributed by atoms with Crippen LogP contribution in [0.1, 0.15) is 26.7 Å². The molecule has 0 bridgehead atoms. The van der Waals surface area contributed by atoms with Crippen LogP contribution < -0.4 is 10.6 Å². The minimum absolute atomic E-state index is 0.713. The normalized spacial score (nSPS) is 15.2. The Morgan fingerprint density at radius 3 is 1.60 bits per heavy atom. The lowest BCUT2D eigenvalue weighted by molar-refractivity contribution is 0.111. The predicted octanol–water partition coefficient (Wildman–Crippen LogP) is 1.49. The van der Waals surface area contributed by atoms with Crippen LogP contribution in [0.2, 0.25) is 0 Å². The molecule has 0 aromatic heterocycles. The summed E-state index contributed by atoms with van der Waals surface area (Å²) in [6, 6.07) is 0. The van der Waals surface area contributed by atoms with E-state index >= 15 is 0 Å². The van der Waals surface area contributed by atoms with Gasteiger partial charge >= 0.3 is 0 Å². The monoisotopic (exact) mass is 216 g/mol. The fraction of sp³-hybridized carbons (Fsp3) is 1.00. The molecule has 0 aliphatic rings. The number of hydrogen-bond donors (Lipinski definition) is 2. The van der Waals surface area contributed by atoms with Gasteiger partial charge in [0.05, 0.1) is 0 Å². The van der Waals surface area contributed by atoms with Crippen LogP contribution in [-0.2, 0) is 4.74 Å². The molecule has 3 heteroatoms. The molecule has 3 nitrogen and oxygen atoms in total. The maximum Gasteiger partial charge on any atom is 0.0469 e. The molecule has 0 fully saturated rings. The fourth-order valence-corrected chi connectivity index (χ4v) is 1.57. The molecule has 0 aliphatic heterocycles.